The topological polar surface area (TPSA) is 98.3 Å². The minimum Gasteiger partial charge on any atom is -0.335 e. The maximum atomic E-state index is 12.7. The van der Waals surface area contributed by atoms with Crippen LogP contribution in [0.25, 0.3) is 11.0 Å². The average molecular weight is 539 g/mol. The molecule has 0 atom stereocenters. The Morgan fingerprint density at radius 2 is 1.86 bits per heavy atom. The van der Waals surface area contributed by atoms with Crippen molar-refractivity contribution in [3.63, 3.8) is 0 Å². The molecular formula is C25H31BrN8O. The van der Waals surface area contributed by atoms with Crippen molar-refractivity contribution in [2.45, 2.75) is 45.1 Å². The lowest BCUT2D eigenvalue weighted by molar-refractivity contribution is 0.240. The van der Waals surface area contributed by atoms with Crippen molar-refractivity contribution in [1.29, 1.82) is 0 Å². The molecule has 9 nitrogen and oxygen atoms in total. The maximum absolute atomic E-state index is 12.7. The predicted molar refractivity (Wildman–Crippen MR) is 142 cm³/mol. The second-order valence-corrected chi connectivity index (χ2v) is 9.88. The third kappa shape index (κ3) is 5.39. The number of hydrogen-bond acceptors (Lipinski definition) is 7. The summed E-state index contributed by atoms with van der Waals surface area (Å²) in [6.07, 6.45) is 7.42. The van der Waals surface area contributed by atoms with E-state index in [1.54, 1.807) is 0 Å². The number of carbonyl (C=O) groups is 1. The first-order valence-electron chi connectivity index (χ1n) is 12.3. The van der Waals surface area contributed by atoms with Gasteiger partial charge in [-0.1, -0.05) is 37.5 Å². The lowest BCUT2D eigenvalue weighted by Gasteiger charge is -2.37. The number of urea groups is 1. The van der Waals surface area contributed by atoms with E-state index in [1.165, 1.54) is 6.42 Å². The van der Waals surface area contributed by atoms with E-state index in [-0.39, 0.29) is 12.1 Å². The largest absolute Gasteiger partial charge is 0.335 e. The van der Waals surface area contributed by atoms with E-state index in [0.717, 1.165) is 73.0 Å². The van der Waals surface area contributed by atoms with Gasteiger partial charge >= 0.3 is 6.03 Å². The number of anilines is 3. The number of aromatic nitrogens is 3. The van der Waals surface area contributed by atoms with Crippen LogP contribution in [0.4, 0.5) is 22.2 Å². The van der Waals surface area contributed by atoms with E-state index in [2.05, 4.69) is 54.0 Å². The van der Waals surface area contributed by atoms with Gasteiger partial charge < -0.3 is 10.6 Å². The van der Waals surface area contributed by atoms with Gasteiger partial charge in [-0.25, -0.2) is 24.8 Å². The Hall–Kier alpha value is -2.82. The van der Waals surface area contributed by atoms with Crippen molar-refractivity contribution in [3.05, 3.63) is 46.6 Å². The number of para-hydroxylation sites is 1. The molecule has 1 saturated heterocycles. The van der Waals surface area contributed by atoms with Gasteiger partial charge in [0.2, 0.25) is 5.95 Å². The smallest absolute Gasteiger partial charge is 0.320 e. The number of benzene rings is 1. The molecule has 0 radical (unpaired) electrons. The van der Waals surface area contributed by atoms with Gasteiger partial charge in [0.1, 0.15) is 0 Å². The number of nitrogens with one attached hydrogen (secondary N) is 3. The molecule has 3 N–H and O–H groups in total. The number of fused-ring (bicyclic) bond motifs is 1. The molecule has 1 aliphatic carbocycles. The van der Waals surface area contributed by atoms with Gasteiger partial charge in [-0.3, -0.25) is 5.32 Å². The highest BCUT2D eigenvalue weighted by molar-refractivity contribution is 9.10. The maximum Gasteiger partial charge on any atom is 0.320 e. The summed E-state index contributed by atoms with van der Waals surface area (Å²) < 4.78 is 0.738. The van der Waals surface area contributed by atoms with Crippen molar-refractivity contribution in [1.82, 2.24) is 30.6 Å². The molecule has 1 saturated carbocycles. The molecule has 1 aliphatic heterocycles. The molecular weight excluding hydrogens is 508 g/mol. The number of piperazine rings is 1. The van der Waals surface area contributed by atoms with E-state index < -0.39 is 0 Å². The quantitative estimate of drug-likeness (QED) is 0.439. The Balaban J connectivity index is 1.46. The molecule has 184 valence electrons. The summed E-state index contributed by atoms with van der Waals surface area (Å²) in [5, 5.41) is 14.6. The van der Waals surface area contributed by atoms with Crippen molar-refractivity contribution >= 4 is 50.4 Å². The van der Waals surface area contributed by atoms with Crippen LogP contribution in [-0.4, -0.2) is 58.2 Å². The van der Waals surface area contributed by atoms with E-state index in [1.807, 2.05) is 31.3 Å². The van der Waals surface area contributed by atoms with Gasteiger partial charge in [-0.2, -0.15) is 4.98 Å². The zero-order valence-corrected chi connectivity index (χ0v) is 21.5. The second kappa shape index (κ2) is 10.8. The summed E-state index contributed by atoms with van der Waals surface area (Å²) in [6.45, 7) is 5.46. The van der Waals surface area contributed by atoms with Crippen molar-refractivity contribution in [2.75, 3.05) is 36.5 Å². The van der Waals surface area contributed by atoms with Gasteiger partial charge in [-0.05, 0) is 53.4 Å². The number of halogens is 1. The predicted octanol–water partition coefficient (Wildman–Crippen LogP) is 4.51. The first kappa shape index (κ1) is 23.9. The number of hydrazine groups is 1. The van der Waals surface area contributed by atoms with Gasteiger partial charge in [0.25, 0.3) is 0 Å². The molecule has 3 heterocycles. The molecule has 10 heteroatoms. The monoisotopic (exact) mass is 538 g/mol. The Kier molecular flexibility index (Phi) is 7.40. The number of nitrogens with zero attached hydrogens (tertiary/aromatic N) is 5. The number of amides is 2. The summed E-state index contributed by atoms with van der Waals surface area (Å²) >= 11 is 3.62. The van der Waals surface area contributed by atoms with Crippen LogP contribution in [0.5, 0.6) is 0 Å². The number of aryl methyl sites for hydroxylation is 1. The fourth-order valence-corrected chi connectivity index (χ4v) is 5.15. The minimum absolute atomic E-state index is 0.219. The Morgan fingerprint density at radius 3 is 2.60 bits per heavy atom. The zero-order chi connectivity index (χ0) is 24.2. The van der Waals surface area contributed by atoms with Crippen molar-refractivity contribution in [2.24, 2.45) is 0 Å². The first-order chi connectivity index (χ1) is 17.1. The molecule has 0 bridgehead atoms. The molecule has 2 aromatic heterocycles. The molecule has 2 aliphatic rings. The van der Waals surface area contributed by atoms with Crippen LogP contribution in [0.2, 0.25) is 0 Å². The fourth-order valence-electron chi connectivity index (χ4n) is 4.75. The molecule has 3 aromatic rings. The van der Waals surface area contributed by atoms with E-state index in [4.69, 9.17) is 15.0 Å². The van der Waals surface area contributed by atoms with E-state index in [9.17, 15) is 4.79 Å². The lowest BCUT2D eigenvalue weighted by atomic mass is 9.96. The van der Waals surface area contributed by atoms with Crippen LogP contribution in [0.3, 0.4) is 0 Å². The van der Waals surface area contributed by atoms with Crippen molar-refractivity contribution < 1.29 is 4.79 Å². The van der Waals surface area contributed by atoms with Gasteiger partial charge in [0.05, 0.1) is 10.2 Å². The van der Waals surface area contributed by atoms with E-state index >= 15 is 0 Å². The second-order valence-electron chi connectivity index (χ2n) is 9.09. The normalized spacial score (nSPS) is 17.3. The molecule has 5 rings (SSSR count). The van der Waals surface area contributed by atoms with Crippen molar-refractivity contribution in [3.8, 4) is 0 Å². The highest BCUT2D eigenvalue weighted by Gasteiger charge is 2.24. The molecule has 2 fully saturated rings. The van der Waals surface area contributed by atoms with Gasteiger partial charge in [0, 0.05) is 43.8 Å². The van der Waals surface area contributed by atoms with Crippen LogP contribution < -0.4 is 21.0 Å². The summed E-state index contributed by atoms with van der Waals surface area (Å²) in [6, 6.07) is 10.1. The Labute approximate surface area is 213 Å². The van der Waals surface area contributed by atoms with Crippen LogP contribution >= 0.6 is 15.9 Å². The van der Waals surface area contributed by atoms with Crippen LogP contribution in [-0.2, 0) is 0 Å². The zero-order valence-electron chi connectivity index (χ0n) is 19.9. The first-order valence-corrected chi connectivity index (χ1v) is 13.1. The third-order valence-electron chi connectivity index (χ3n) is 6.65. The van der Waals surface area contributed by atoms with E-state index in [0.29, 0.717) is 17.4 Å². The van der Waals surface area contributed by atoms with Crippen LogP contribution in [0.15, 0.2) is 41.0 Å². The highest BCUT2D eigenvalue weighted by atomic mass is 79.9. The molecule has 1 aromatic carbocycles. The number of carbonyl (C=O) groups excluding carboxylic acids is 1. The van der Waals surface area contributed by atoms with Crippen LogP contribution in [0, 0.1) is 6.92 Å². The minimum atomic E-state index is -0.232. The number of pyridine rings is 1. The summed E-state index contributed by atoms with van der Waals surface area (Å²) in [5.74, 6) is 1.01. The number of rotatable bonds is 5. The van der Waals surface area contributed by atoms with Gasteiger partial charge in [0.15, 0.2) is 11.5 Å². The average Bonchev–Trinajstić information content (AvgIpc) is 2.89. The molecule has 35 heavy (non-hydrogen) atoms. The summed E-state index contributed by atoms with van der Waals surface area (Å²) in [5.41, 5.74) is 2.47. The summed E-state index contributed by atoms with van der Waals surface area (Å²) in [4.78, 5) is 27.0. The molecule has 0 unspecified atom stereocenters. The standard InChI is InChI=1S/C25H31BrN8O/c1-17-20-16-28-24(34(19-10-6-3-7-11-19)33-14-12-27-13-15-33)31-22(20)30-23(21(17)26)32-25(35)29-18-8-4-2-5-9-18/h3,6-7,10-11,16,18,27H,2,4-5,8-9,12-15H2,1H3,(H2,28,29,30,31,32,35). The Morgan fingerprint density at radius 1 is 1.11 bits per heavy atom. The van der Waals surface area contributed by atoms with Crippen LogP contribution in [0.1, 0.15) is 37.7 Å². The van der Waals surface area contributed by atoms with Gasteiger partial charge in [-0.15, -0.1) is 0 Å². The highest BCUT2D eigenvalue weighted by Crippen LogP contribution is 2.32. The lowest BCUT2D eigenvalue weighted by Crippen LogP contribution is -2.51. The number of hydrogen-bond donors (Lipinski definition) is 3. The fraction of sp³-hybridized carbons (Fsp3) is 0.440. The summed E-state index contributed by atoms with van der Waals surface area (Å²) in [7, 11) is 0. The SMILES string of the molecule is Cc1c(Br)c(NC(=O)NC2CCCCC2)nc2nc(N(c3ccccc3)N3CCNCC3)ncc12. The third-order valence-corrected chi connectivity index (χ3v) is 7.62. The Bertz CT molecular complexity index is 1180. The molecule has 2 amide bonds. The molecule has 0 spiro atoms.